The third-order valence-corrected chi connectivity index (χ3v) is 2.22. The average Bonchev–Trinajstić information content (AvgIpc) is 2.09. The van der Waals surface area contributed by atoms with E-state index in [9.17, 15) is 9.59 Å². The standard InChI is InChI=1S/C5H4Cl2O3/c6-2-5(7)1-3(8)10-4(5)9/h1-2H2. The van der Waals surface area contributed by atoms with Crippen molar-refractivity contribution in [3.05, 3.63) is 0 Å². The Morgan fingerprint density at radius 1 is 1.60 bits per heavy atom. The Balaban J connectivity index is 2.80. The van der Waals surface area contributed by atoms with E-state index in [1.807, 2.05) is 0 Å². The SMILES string of the molecule is O=C1CC(Cl)(CCl)C(=O)O1. The number of carbonyl (C=O) groups is 2. The molecule has 1 heterocycles. The van der Waals surface area contributed by atoms with Crippen molar-refractivity contribution in [2.24, 2.45) is 0 Å². The molecule has 1 aliphatic heterocycles. The maximum absolute atomic E-state index is 10.7. The molecule has 1 aliphatic rings. The summed E-state index contributed by atoms with van der Waals surface area (Å²) in [7, 11) is 0. The Kier molecular flexibility index (Phi) is 1.88. The van der Waals surface area contributed by atoms with Crippen molar-refractivity contribution < 1.29 is 14.3 Å². The minimum Gasteiger partial charge on any atom is -0.392 e. The zero-order valence-electron chi connectivity index (χ0n) is 4.89. The predicted octanol–water partition coefficient (Wildman–Crippen LogP) is 0.676. The molecule has 1 rings (SSSR count). The van der Waals surface area contributed by atoms with Crippen LogP contribution in [0.25, 0.3) is 0 Å². The van der Waals surface area contributed by atoms with Crippen LogP contribution in [0.15, 0.2) is 0 Å². The lowest BCUT2D eigenvalue weighted by molar-refractivity contribution is -0.152. The summed E-state index contributed by atoms with van der Waals surface area (Å²) in [4.78, 5) is 19.8. The molecule has 0 aromatic heterocycles. The van der Waals surface area contributed by atoms with Crippen molar-refractivity contribution >= 4 is 35.1 Å². The molecule has 3 nitrogen and oxygen atoms in total. The average molecular weight is 183 g/mol. The minimum absolute atomic E-state index is 0.0981. The summed E-state index contributed by atoms with van der Waals surface area (Å²) in [6.45, 7) is 0. The number of halogens is 2. The van der Waals surface area contributed by atoms with E-state index in [0.29, 0.717) is 0 Å². The number of hydrogen-bond donors (Lipinski definition) is 0. The van der Waals surface area contributed by atoms with Crippen LogP contribution in [-0.2, 0) is 14.3 Å². The van der Waals surface area contributed by atoms with Crippen LogP contribution in [0.2, 0.25) is 0 Å². The topological polar surface area (TPSA) is 43.4 Å². The minimum atomic E-state index is -1.31. The van der Waals surface area contributed by atoms with Crippen LogP contribution in [0, 0.1) is 0 Å². The summed E-state index contributed by atoms with van der Waals surface area (Å²) < 4.78 is 4.17. The van der Waals surface area contributed by atoms with Gasteiger partial charge in [-0.05, 0) is 0 Å². The van der Waals surface area contributed by atoms with E-state index in [-0.39, 0.29) is 12.3 Å². The summed E-state index contributed by atoms with van der Waals surface area (Å²) in [6.07, 6.45) is -0.128. The lowest BCUT2D eigenvalue weighted by Crippen LogP contribution is -2.29. The second-order valence-corrected chi connectivity index (χ2v) is 3.03. The van der Waals surface area contributed by atoms with Gasteiger partial charge >= 0.3 is 11.9 Å². The summed E-state index contributed by atoms with van der Waals surface area (Å²) >= 11 is 10.9. The fourth-order valence-corrected chi connectivity index (χ4v) is 0.985. The van der Waals surface area contributed by atoms with Crippen LogP contribution in [-0.4, -0.2) is 22.7 Å². The Labute approximate surface area is 67.2 Å². The normalized spacial score (nSPS) is 32.6. The molecule has 0 N–H and O–H groups in total. The van der Waals surface area contributed by atoms with Crippen LogP contribution in [0.1, 0.15) is 6.42 Å². The molecule has 1 atom stereocenters. The maximum atomic E-state index is 10.7. The molecule has 56 valence electrons. The molecule has 0 aliphatic carbocycles. The molecule has 1 fully saturated rings. The van der Waals surface area contributed by atoms with Crippen molar-refractivity contribution in [3.63, 3.8) is 0 Å². The van der Waals surface area contributed by atoms with Gasteiger partial charge in [0.2, 0.25) is 0 Å². The van der Waals surface area contributed by atoms with E-state index < -0.39 is 16.8 Å². The summed E-state index contributed by atoms with van der Waals surface area (Å²) in [5.74, 6) is -1.45. The van der Waals surface area contributed by atoms with Gasteiger partial charge in [0.05, 0.1) is 12.3 Å². The molecule has 0 aromatic carbocycles. The molecule has 1 unspecified atom stereocenters. The molecule has 0 saturated carbocycles. The first-order chi connectivity index (χ1) is 4.58. The quantitative estimate of drug-likeness (QED) is 0.341. The monoisotopic (exact) mass is 182 g/mol. The van der Waals surface area contributed by atoms with Gasteiger partial charge in [-0.15, -0.1) is 23.2 Å². The maximum Gasteiger partial charge on any atom is 0.336 e. The van der Waals surface area contributed by atoms with Gasteiger partial charge in [-0.2, -0.15) is 0 Å². The molecular weight excluding hydrogens is 179 g/mol. The Morgan fingerprint density at radius 2 is 2.20 bits per heavy atom. The Morgan fingerprint density at radius 3 is 2.40 bits per heavy atom. The molecule has 0 radical (unpaired) electrons. The molecule has 1 saturated heterocycles. The van der Waals surface area contributed by atoms with Gasteiger partial charge < -0.3 is 4.74 Å². The fourth-order valence-electron chi connectivity index (χ4n) is 0.634. The highest BCUT2D eigenvalue weighted by Crippen LogP contribution is 2.29. The van der Waals surface area contributed by atoms with E-state index in [0.717, 1.165) is 0 Å². The van der Waals surface area contributed by atoms with Crippen LogP contribution in [0.3, 0.4) is 0 Å². The second-order valence-electron chi connectivity index (χ2n) is 2.04. The van der Waals surface area contributed by atoms with Gasteiger partial charge in [-0.1, -0.05) is 0 Å². The van der Waals surface area contributed by atoms with E-state index in [4.69, 9.17) is 23.2 Å². The lowest BCUT2D eigenvalue weighted by Gasteiger charge is -2.08. The molecule has 0 bridgehead atoms. The van der Waals surface area contributed by atoms with Crippen LogP contribution in [0.5, 0.6) is 0 Å². The number of esters is 2. The van der Waals surface area contributed by atoms with Gasteiger partial charge in [0, 0.05) is 0 Å². The van der Waals surface area contributed by atoms with E-state index in [1.165, 1.54) is 0 Å². The highest BCUT2D eigenvalue weighted by molar-refractivity contribution is 6.41. The van der Waals surface area contributed by atoms with Crippen LogP contribution >= 0.6 is 23.2 Å². The number of cyclic esters (lactones) is 2. The third-order valence-electron chi connectivity index (χ3n) is 1.21. The van der Waals surface area contributed by atoms with Crippen molar-refractivity contribution in [2.75, 3.05) is 5.88 Å². The van der Waals surface area contributed by atoms with Gasteiger partial charge in [0.15, 0.2) is 4.87 Å². The zero-order valence-corrected chi connectivity index (χ0v) is 6.41. The summed E-state index contributed by atoms with van der Waals surface area (Å²) in [5, 5.41) is 0. The van der Waals surface area contributed by atoms with Gasteiger partial charge in [-0.3, -0.25) is 4.79 Å². The Hall–Kier alpha value is -0.280. The van der Waals surface area contributed by atoms with Crippen LogP contribution < -0.4 is 0 Å². The van der Waals surface area contributed by atoms with Crippen LogP contribution in [0.4, 0.5) is 0 Å². The predicted molar refractivity (Wildman–Crippen MR) is 35.0 cm³/mol. The first kappa shape index (κ1) is 7.82. The van der Waals surface area contributed by atoms with Crippen molar-refractivity contribution in [1.29, 1.82) is 0 Å². The first-order valence-corrected chi connectivity index (χ1v) is 3.50. The smallest absolute Gasteiger partial charge is 0.336 e. The van der Waals surface area contributed by atoms with Crippen molar-refractivity contribution in [3.8, 4) is 0 Å². The fraction of sp³-hybridized carbons (Fsp3) is 0.600. The Bertz CT molecular complexity index is 191. The van der Waals surface area contributed by atoms with E-state index in [1.54, 1.807) is 0 Å². The van der Waals surface area contributed by atoms with Crippen molar-refractivity contribution in [2.45, 2.75) is 11.3 Å². The van der Waals surface area contributed by atoms with Crippen molar-refractivity contribution in [1.82, 2.24) is 0 Å². The zero-order chi connectivity index (χ0) is 7.78. The number of alkyl halides is 2. The second kappa shape index (κ2) is 2.40. The number of hydrogen-bond acceptors (Lipinski definition) is 3. The van der Waals surface area contributed by atoms with E-state index in [2.05, 4.69) is 4.74 Å². The molecule has 0 amide bonds. The number of rotatable bonds is 1. The highest BCUT2D eigenvalue weighted by Gasteiger charge is 2.47. The first-order valence-electron chi connectivity index (χ1n) is 2.58. The third kappa shape index (κ3) is 1.11. The summed E-state index contributed by atoms with van der Waals surface area (Å²) in [5.41, 5.74) is 0. The van der Waals surface area contributed by atoms with Gasteiger partial charge in [0.1, 0.15) is 0 Å². The van der Waals surface area contributed by atoms with Gasteiger partial charge in [-0.25, -0.2) is 4.79 Å². The lowest BCUT2D eigenvalue weighted by atomic mass is 10.1. The number of ether oxygens (including phenoxy) is 1. The van der Waals surface area contributed by atoms with Gasteiger partial charge in [0.25, 0.3) is 0 Å². The molecule has 5 heteroatoms. The molecule has 0 aromatic rings. The number of carbonyl (C=O) groups excluding carboxylic acids is 2. The highest BCUT2D eigenvalue weighted by atomic mass is 35.5. The molecular formula is C5H4Cl2O3. The summed E-state index contributed by atoms with van der Waals surface area (Å²) in [6, 6.07) is 0. The molecule has 10 heavy (non-hydrogen) atoms. The van der Waals surface area contributed by atoms with E-state index >= 15 is 0 Å². The molecule has 0 spiro atoms. The largest absolute Gasteiger partial charge is 0.392 e.